The van der Waals surface area contributed by atoms with Crippen LogP contribution < -0.4 is 4.74 Å². The average Bonchev–Trinajstić information content (AvgIpc) is 3.14. The molecule has 0 spiro atoms. The summed E-state index contributed by atoms with van der Waals surface area (Å²) >= 11 is 1.64. The van der Waals surface area contributed by atoms with Gasteiger partial charge in [-0.1, -0.05) is 24.3 Å². The van der Waals surface area contributed by atoms with Crippen LogP contribution in [0.25, 0.3) is 10.2 Å². The number of amides is 1. The largest absolute Gasteiger partial charge is 0.497 e. The highest BCUT2D eigenvalue weighted by molar-refractivity contribution is 7.18. The zero-order chi connectivity index (χ0) is 20.6. The number of ether oxygens (including phenoxy) is 2. The second-order valence-corrected chi connectivity index (χ2v) is 7.81. The Hall–Kier alpha value is -2.93. The first-order valence-corrected chi connectivity index (χ1v) is 10.2. The van der Waals surface area contributed by atoms with Gasteiger partial charge in [0.05, 0.1) is 22.3 Å². The normalized spacial score (nSPS) is 10.7. The van der Waals surface area contributed by atoms with Crippen molar-refractivity contribution >= 4 is 33.4 Å². The van der Waals surface area contributed by atoms with Gasteiger partial charge in [0, 0.05) is 20.0 Å². The van der Waals surface area contributed by atoms with Gasteiger partial charge in [0.1, 0.15) is 5.75 Å². The number of methoxy groups -OCH3 is 1. The molecule has 1 amide bonds. The SMILES string of the molecule is COc1cccc(CN(C)C(=O)COC(=O)CCCc2nc3ccccc3s2)c1. The Morgan fingerprint density at radius 3 is 2.76 bits per heavy atom. The molecule has 0 bridgehead atoms. The summed E-state index contributed by atoms with van der Waals surface area (Å²) in [6.45, 7) is 0.172. The third-order valence-electron chi connectivity index (χ3n) is 4.45. The van der Waals surface area contributed by atoms with E-state index in [0.717, 1.165) is 33.0 Å². The van der Waals surface area contributed by atoms with Crippen molar-refractivity contribution in [2.45, 2.75) is 25.8 Å². The van der Waals surface area contributed by atoms with Gasteiger partial charge in [-0.3, -0.25) is 9.59 Å². The lowest BCUT2D eigenvalue weighted by Crippen LogP contribution is -2.30. The van der Waals surface area contributed by atoms with Crippen molar-refractivity contribution in [2.75, 3.05) is 20.8 Å². The number of thiazole rings is 1. The van der Waals surface area contributed by atoms with Crippen LogP contribution in [0.2, 0.25) is 0 Å². The van der Waals surface area contributed by atoms with E-state index >= 15 is 0 Å². The van der Waals surface area contributed by atoms with Crippen LogP contribution in [0.4, 0.5) is 0 Å². The molecular weight excluding hydrogens is 388 g/mol. The van der Waals surface area contributed by atoms with Gasteiger partial charge >= 0.3 is 5.97 Å². The van der Waals surface area contributed by atoms with Gasteiger partial charge in [-0.25, -0.2) is 4.98 Å². The fraction of sp³-hybridized carbons (Fsp3) is 0.318. The molecule has 0 aliphatic heterocycles. The molecule has 0 aliphatic rings. The molecule has 152 valence electrons. The summed E-state index contributed by atoms with van der Waals surface area (Å²) < 4.78 is 11.5. The number of esters is 1. The summed E-state index contributed by atoms with van der Waals surface area (Å²) in [5.74, 6) is 0.129. The van der Waals surface area contributed by atoms with Crippen molar-refractivity contribution in [3.05, 3.63) is 59.1 Å². The molecule has 7 heteroatoms. The van der Waals surface area contributed by atoms with Crippen LogP contribution in [-0.4, -0.2) is 42.5 Å². The molecule has 0 atom stereocenters. The van der Waals surface area contributed by atoms with Crippen LogP contribution in [0.5, 0.6) is 5.75 Å². The number of benzene rings is 2. The van der Waals surface area contributed by atoms with Crippen molar-refractivity contribution in [2.24, 2.45) is 0 Å². The zero-order valence-corrected chi connectivity index (χ0v) is 17.4. The third kappa shape index (κ3) is 6.02. The summed E-state index contributed by atoms with van der Waals surface area (Å²) in [5, 5.41) is 1.01. The first kappa shape index (κ1) is 20.8. The fourth-order valence-corrected chi connectivity index (χ4v) is 3.88. The molecule has 0 saturated carbocycles. The average molecular weight is 413 g/mol. The topological polar surface area (TPSA) is 68.7 Å². The molecule has 3 aromatic rings. The lowest BCUT2D eigenvalue weighted by Gasteiger charge is -2.17. The summed E-state index contributed by atoms with van der Waals surface area (Å²) in [5.41, 5.74) is 1.93. The summed E-state index contributed by atoms with van der Waals surface area (Å²) in [6, 6.07) is 15.5. The lowest BCUT2D eigenvalue weighted by molar-refractivity contribution is -0.151. The zero-order valence-electron chi connectivity index (χ0n) is 16.6. The predicted molar refractivity (Wildman–Crippen MR) is 113 cm³/mol. The van der Waals surface area contributed by atoms with Gasteiger partial charge in [0.15, 0.2) is 6.61 Å². The number of carbonyl (C=O) groups is 2. The predicted octanol–water partition coefficient (Wildman–Crippen LogP) is 3.83. The Morgan fingerprint density at radius 1 is 1.14 bits per heavy atom. The van der Waals surface area contributed by atoms with Crippen LogP contribution in [0.1, 0.15) is 23.4 Å². The molecule has 0 radical (unpaired) electrons. The Labute approximate surface area is 174 Å². The van der Waals surface area contributed by atoms with Crippen LogP contribution in [-0.2, 0) is 27.3 Å². The second kappa shape index (κ2) is 10.0. The van der Waals surface area contributed by atoms with Gasteiger partial charge in [-0.2, -0.15) is 0 Å². The molecule has 0 N–H and O–H groups in total. The van der Waals surface area contributed by atoms with E-state index in [1.165, 1.54) is 4.90 Å². The van der Waals surface area contributed by atoms with Crippen LogP contribution in [0, 0.1) is 0 Å². The highest BCUT2D eigenvalue weighted by Gasteiger charge is 2.13. The van der Waals surface area contributed by atoms with Crippen molar-refractivity contribution in [1.82, 2.24) is 9.88 Å². The molecule has 6 nitrogen and oxygen atoms in total. The molecule has 0 unspecified atom stereocenters. The number of hydrogen-bond donors (Lipinski definition) is 0. The molecule has 0 saturated heterocycles. The van der Waals surface area contributed by atoms with E-state index in [0.29, 0.717) is 13.0 Å². The Morgan fingerprint density at radius 2 is 1.97 bits per heavy atom. The number of likely N-dealkylation sites (N-methyl/N-ethyl adjacent to an activating group) is 1. The number of nitrogens with zero attached hydrogens (tertiary/aromatic N) is 2. The smallest absolute Gasteiger partial charge is 0.306 e. The summed E-state index contributed by atoms with van der Waals surface area (Å²) in [6.07, 6.45) is 1.63. The number of rotatable bonds is 9. The van der Waals surface area contributed by atoms with Gasteiger partial charge in [0.2, 0.25) is 0 Å². The van der Waals surface area contributed by atoms with E-state index in [2.05, 4.69) is 4.98 Å². The fourth-order valence-electron chi connectivity index (χ4n) is 2.87. The highest BCUT2D eigenvalue weighted by Crippen LogP contribution is 2.22. The highest BCUT2D eigenvalue weighted by atomic mass is 32.1. The lowest BCUT2D eigenvalue weighted by atomic mass is 10.2. The van der Waals surface area contributed by atoms with E-state index in [1.807, 2.05) is 48.5 Å². The van der Waals surface area contributed by atoms with E-state index in [-0.39, 0.29) is 24.9 Å². The molecule has 29 heavy (non-hydrogen) atoms. The van der Waals surface area contributed by atoms with Crippen molar-refractivity contribution in [1.29, 1.82) is 0 Å². The van der Waals surface area contributed by atoms with Crippen molar-refractivity contribution in [3.8, 4) is 5.75 Å². The Balaban J connectivity index is 1.38. The number of para-hydroxylation sites is 1. The van der Waals surface area contributed by atoms with E-state index in [1.54, 1.807) is 25.5 Å². The minimum atomic E-state index is -0.366. The maximum Gasteiger partial charge on any atom is 0.306 e. The number of aryl methyl sites for hydroxylation is 1. The quantitative estimate of drug-likeness (QED) is 0.500. The maximum atomic E-state index is 12.2. The van der Waals surface area contributed by atoms with Crippen molar-refractivity contribution < 1.29 is 19.1 Å². The van der Waals surface area contributed by atoms with Gasteiger partial charge in [0.25, 0.3) is 5.91 Å². The minimum absolute atomic E-state index is 0.243. The number of hydrogen-bond acceptors (Lipinski definition) is 6. The third-order valence-corrected chi connectivity index (χ3v) is 5.54. The molecular formula is C22H24N2O4S. The first-order valence-electron chi connectivity index (χ1n) is 9.42. The van der Waals surface area contributed by atoms with Gasteiger partial charge in [-0.05, 0) is 42.7 Å². The molecule has 2 aromatic carbocycles. The Bertz CT molecular complexity index is 953. The Kier molecular flexibility index (Phi) is 7.19. The van der Waals surface area contributed by atoms with Crippen LogP contribution >= 0.6 is 11.3 Å². The van der Waals surface area contributed by atoms with Crippen molar-refractivity contribution in [3.63, 3.8) is 0 Å². The molecule has 1 aromatic heterocycles. The first-order chi connectivity index (χ1) is 14.0. The standard InChI is InChI=1S/C22H24N2O4S/c1-24(14-16-7-5-8-17(13-16)27-2)21(25)15-28-22(26)12-6-11-20-23-18-9-3-4-10-19(18)29-20/h3-5,7-10,13H,6,11-12,14-15H2,1-2H3. The monoisotopic (exact) mass is 412 g/mol. The minimum Gasteiger partial charge on any atom is -0.497 e. The maximum absolute atomic E-state index is 12.2. The second-order valence-electron chi connectivity index (χ2n) is 6.69. The molecule has 0 fully saturated rings. The number of aromatic nitrogens is 1. The van der Waals surface area contributed by atoms with Gasteiger partial charge < -0.3 is 14.4 Å². The van der Waals surface area contributed by atoms with Crippen LogP contribution in [0.3, 0.4) is 0 Å². The summed E-state index contributed by atoms with van der Waals surface area (Å²) in [7, 11) is 3.28. The number of carbonyl (C=O) groups excluding carboxylic acids is 2. The molecule has 3 rings (SSSR count). The summed E-state index contributed by atoms with van der Waals surface area (Å²) in [4.78, 5) is 30.2. The van der Waals surface area contributed by atoms with Gasteiger partial charge in [-0.15, -0.1) is 11.3 Å². The van der Waals surface area contributed by atoms with E-state index in [9.17, 15) is 9.59 Å². The van der Waals surface area contributed by atoms with Crippen LogP contribution in [0.15, 0.2) is 48.5 Å². The molecule has 0 aliphatic carbocycles. The molecule has 1 heterocycles. The van der Waals surface area contributed by atoms with E-state index < -0.39 is 0 Å². The van der Waals surface area contributed by atoms with E-state index in [4.69, 9.17) is 9.47 Å². The number of fused-ring (bicyclic) bond motifs is 1.